The molecule has 0 spiro atoms. The monoisotopic (exact) mass is 259 g/mol. The van der Waals surface area contributed by atoms with Crippen LogP contribution in [0.25, 0.3) is 0 Å². The summed E-state index contributed by atoms with van der Waals surface area (Å²) in [5.74, 6) is 0.0367. The van der Waals surface area contributed by atoms with Gasteiger partial charge in [-0.1, -0.05) is 5.16 Å². The number of benzene rings is 1. The minimum Gasteiger partial charge on any atom is -0.361 e. The third-order valence-electron chi connectivity index (χ3n) is 2.49. The largest absolute Gasteiger partial charge is 0.361 e. The van der Waals surface area contributed by atoms with Crippen molar-refractivity contribution in [1.29, 1.82) is 0 Å². The average molecular weight is 259 g/mol. The zero-order chi connectivity index (χ0) is 13.8. The zero-order valence-corrected chi connectivity index (χ0v) is 10.6. The lowest BCUT2D eigenvalue weighted by Crippen LogP contribution is -2.18. The van der Waals surface area contributed by atoms with Crippen molar-refractivity contribution in [1.82, 2.24) is 10.5 Å². The van der Waals surface area contributed by atoms with Gasteiger partial charge in [0.05, 0.1) is 0 Å². The van der Waals surface area contributed by atoms with Gasteiger partial charge in [-0.25, -0.2) is 0 Å². The van der Waals surface area contributed by atoms with Gasteiger partial charge in [0.25, 0.3) is 11.8 Å². The van der Waals surface area contributed by atoms with Crippen molar-refractivity contribution in [3.05, 3.63) is 47.3 Å². The van der Waals surface area contributed by atoms with Crippen molar-refractivity contribution in [2.45, 2.75) is 6.92 Å². The fraction of sp³-hybridized carbons (Fsp3) is 0.154. The van der Waals surface area contributed by atoms with E-state index in [1.165, 1.54) is 0 Å². The molecule has 98 valence electrons. The molecular weight excluding hydrogens is 246 g/mol. The molecule has 0 aliphatic carbocycles. The molecule has 1 heterocycles. The fourth-order valence-electron chi connectivity index (χ4n) is 1.52. The second-order valence-corrected chi connectivity index (χ2v) is 3.93. The Morgan fingerprint density at radius 1 is 1.16 bits per heavy atom. The van der Waals surface area contributed by atoms with Crippen LogP contribution in [0.1, 0.15) is 26.6 Å². The maximum Gasteiger partial charge on any atom is 0.277 e. The molecule has 2 aromatic rings. The van der Waals surface area contributed by atoms with E-state index in [0.717, 1.165) is 0 Å². The molecule has 0 saturated carbocycles. The minimum absolute atomic E-state index is 0.176. The van der Waals surface area contributed by atoms with Crippen molar-refractivity contribution < 1.29 is 14.1 Å². The first-order valence-electron chi connectivity index (χ1n) is 5.67. The maximum absolute atomic E-state index is 11.8. The van der Waals surface area contributed by atoms with Crippen LogP contribution in [0, 0.1) is 6.92 Å². The highest BCUT2D eigenvalue weighted by Crippen LogP contribution is 2.11. The third kappa shape index (κ3) is 2.98. The molecule has 0 unspecified atom stereocenters. The number of aryl methyl sites for hydroxylation is 1. The number of nitrogens with one attached hydrogen (secondary N) is 2. The van der Waals surface area contributed by atoms with Gasteiger partial charge < -0.3 is 15.2 Å². The quantitative estimate of drug-likeness (QED) is 0.876. The van der Waals surface area contributed by atoms with Crippen LogP contribution in [0.4, 0.5) is 5.69 Å². The highest BCUT2D eigenvalue weighted by molar-refractivity contribution is 6.03. The van der Waals surface area contributed by atoms with Crippen LogP contribution in [0.15, 0.2) is 34.9 Å². The summed E-state index contributed by atoms with van der Waals surface area (Å²) in [6.45, 7) is 1.71. The summed E-state index contributed by atoms with van der Waals surface area (Å²) in [6.07, 6.45) is 0. The number of rotatable bonds is 3. The van der Waals surface area contributed by atoms with Gasteiger partial charge in [-0.15, -0.1) is 0 Å². The topological polar surface area (TPSA) is 84.2 Å². The number of aromatic nitrogens is 1. The van der Waals surface area contributed by atoms with E-state index < -0.39 is 0 Å². The van der Waals surface area contributed by atoms with Crippen LogP contribution in [0.2, 0.25) is 0 Å². The van der Waals surface area contributed by atoms with Gasteiger partial charge >= 0.3 is 0 Å². The number of anilines is 1. The average Bonchev–Trinajstić information content (AvgIpc) is 2.85. The lowest BCUT2D eigenvalue weighted by molar-refractivity contribution is 0.0962. The molecule has 0 radical (unpaired) electrons. The molecule has 1 aromatic carbocycles. The smallest absolute Gasteiger partial charge is 0.277 e. The van der Waals surface area contributed by atoms with Gasteiger partial charge in [0, 0.05) is 24.4 Å². The summed E-state index contributed by atoms with van der Waals surface area (Å²) < 4.78 is 4.82. The molecule has 0 fully saturated rings. The molecule has 2 rings (SSSR count). The SMILES string of the molecule is CNC(=O)c1ccc(NC(=O)c2cc(C)on2)cc1. The first-order chi connectivity index (χ1) is 9.10. The van der Waals surface area contributed by atoms with Crippen molar-refractivity contribution in [2.75, 3.05) is 12.4 Å². The van der Waals surface area contributed by atoms with Gasteiger partial charge in [0.2, 0.25) is 0 Å². The second-order valence-electron chi connectivity index (χ2n) is 3.93. The van der Waals surface area contributed by atoms with E-state index in [0.29, 0.717) is 17.0 Å². The standard InChI is InChI=1S/C13H13N3O3/c1-8-7-11(16-19-8)13(18)15-10-5-3-9(4-6-10)12(17)14-2/h3-7H,1-2H3,(H,14,17)(H,15,18). The number of hydrogen-bond donors (Lipinski definition) is 2. The summed E-state index contributed by atoms with van der Waals surface area (Å²) >= 11 is 0. The van der Waals surface area contributed by atoms with Gasteiger partial charge in [0.1, 0.15) is 5.76 Å². The van der Waals surface area contributed by atoms with E-state index >= 15 is 0 Å². The molecule has 1 aromatic heterocycles. The van der Waals surface area contributed by atoms with E-state index in [2.05, 4.69) is 15.8 Å². The molecule has 0 bridgehead atoms. The molecule has 0 aliphatic heterocycles. The summed E-state index contributed by atoms with van der Waals surface area (Å²) in [7, 11) is 1.56. The lowest BCUT2D eigenvalue weighted by atomic mass is 10.2. The highest BCUT2D eigenvalue weighted by Gasteiger charge is 2.11. The predicted molar refractivity (Wildman–Crippen MR) is 69.0 cm³/mol. The Morgan fingerprint density at radius 2 is 1.84 bits per heavy atom. The molecule has 19 heavy (non-hydrogen) atoms. The van der Waals surface area contributed by atoms with Gasteiger partial charge in [-0.3, -0.25) is 9.59 Å². The van der Waals surface area contributed by atoms with Gasteiger partial charge in [-0.2, -0.15) is 0 Å². The van der Waals surface area contributed by atoms with Gasteiger partial charge in [0.15, 0.2) is 5.69 Å². The molecule has 2 amide bonds. The molecule has 6 heteroatoms. The van der Waals surface area contributed by atoms with E-state index in [9.17, 15) is 9.59 Å². The van der Waals surface area contributed by atoms with Crippen LogP contribution in [0.5, 0.6) is 0 Å². The molecule has 0 atom stereocenters. The van der Waals surface area contributed by atoms with Crippen LogP contribution < -0.4 is 10.6 Å². The number of amides is 2. The highest BCUT2D eigenvalue weighted by atomic mass is 16.5. The van der Waals surface area contributed by atoms with E-state index in [1.807, 2.05) is 0 Å². The van der Waals surface area contributed by atoms with Crippen molar-refractivity contribution in [2.24, 2.45) is 0 Å². The number of nitrogens with zero attached hydrogens (tertiary/aromatic N) is 1. The number of carbonyl (C=O) groups excluding carboxylic acids is 2. The first-order valence-corrected chi connectivity index (χ1v) is 5.67. The summed E-state index contributed by atoms with van der Waals surface area (Å²) in [5.41, 5.74) is 1.32. The minimum atomic E-state index is -0.357. The Bertz CT molecular complexity index is 602. The Balaban J connectivity index is 2.07. The van der Waals surface area contributed by atoms with Crippen LogP contribution in [0.3, 0.4) is 0 Å². The Morgan fingerprint density at radius 3 is 2.37 bits per heavy atom. The maximum atomic E-state index is 11.8. The normalized spacial score (nSPS) is 10.0. The summed E-state index contributed by atoms with van der Waals surface area (Å²) in [5, 5.41) is 8.80. The predicted octanol–water partition coefficient (Wildman–Crippen LogP) is 1.59. The molecule has 0 saturated heterocycles. The van der Waals surface area contributed by atoms with E-state index in [4.69, 9.17) is 4.52 Å². The fourth-order valence-corrected chi connectivity index (χ4v) is 1.52. The second kappa shape index (κ2) is 5.34. The molecular formula is C13H13N3O3. The van der Waals surface area contributed by atoms with E-state index in [-0.39, 0.29) is 17.5 Å². The Labute approximate surface area is 109 Å². The lowest BCUT2D eigenvalue weighted by Gasteiger charge is -2.04. The summed E-state index contributed by atoms with van der Waals surface area (Å²) in [6, 6.07) is 8.10. The first kappa shape index (κ1) is 12.8. The molecule has 0 aliphatic rings. The Kier molecular flexibility index (Phi) is 3.61. The Hall–Kier alpha value is -2.63. The van der Waals surface area contributed by atoms with Crippen LogP contribution in [-0.4, -0.2) is 24.0 Å². The zero-order valence-electron chi connectivity index (χ0n) is 10.6. The summed E-state index contributed by atoms with van der Waals surface area (Å²) in [4.78, 5) is 23.1. The third-order valence-corrected chi connectivity index (χ3v) is 2.49. The number of carbonyl (C=O) groups is 2. The van der Waals surface area contributed by atoms with Crippen molar-refractivity contribution in [3.63, 3.8) is 0 Å². The van der Waals surface area contributed by atoms with Crippen LogP contribution >= 0.6 is 0 Å². The molecule has 2 N–H and O–H groups in total. The van der Waals surface area contributed by atoms with Crippen molar-refractivity contribution in [3.8, 4) is 0 Å². The molecule has 6 nitrogen and oxygen atoms in total. The van der Waals surface area contributed by atoms with E-state index in [1.54, 1.807) is 44.3 Å². The van der Waals surface area contributed by atoms with Crippen molar-refractivity contribution >= 4 is 17.5 Å². The number of hydrogen-bond acceptors (Lipinski definition) is 4. The van der Waals surface area contributed by atoms with Gasteiger partial charge in [-0.05, 0) is 31.2 Å². The van der Waals surface area contributed by atoms with Crippen LogP contribution in [-0.2, 0) is 0 Å².